The third kappa shape index (κ3) is 5.56. The van der Waals surface area contributed by atoms with Crippen LogP contribution in [0.5, 0.6) is 0 Å². The highest BCUT2D eigenvalue weighted by Gasteiger charge is 2.31. The van der Waals surface area contributed by atoms with Crippen LogP contribution in [-0.4, -0.2) is 53.6 Å². The number of aliphatic carboxylic acids is 1. The van der Waals surface area contributed by atoms with Crippen LogP contribution in [0.1, 0.15) is 33.1 Å². The molecule has 20 heavy (non-hydrogen) atoms. The van der Waals surface area contributed by atoms with Gasteiger partial charge in [0.1, 0.15) is 6.04 Å². The molecular weight excluding hydrogens is 262 g/mol. The van der Waals surface area contributed by atoms with Crippen molar-refractivity contribution in [2.75, 3.05) is 19.6 Å². The Bertz CT molecular complexity index is 371. The van der Waals surface area contributed by atoms with E-state index in [1.54, 1.807) is 4.90 Å². The highest BCUT2D eigenvalue weighted by molar-refractivity contribution is 5.95. The Morgan fingerprint density at radius 3 is 2.65 bits per heavy atom. The maximum atomic E-state index is 11.7. The molecular formula is C13H23N3O4. The molecule has 3 amide bonds. The van der Waals surface area contributed by atoms with Gasteiger partial charge in [0, 0.05) is 6.54 Å². The van der Waals surface area contributed by atoms with Gasteiger partial charge in [0.05, 0.1) is 6.54 Å². The second-order valence-electron chi connectivity index (χ2n) is 5.45. The van der Waals surface area contributed by atoms with E-state index in [0.717, 1.165) is 12.8 Å². The van der Waals surface area contributed by atoms with E-state index in [4.69, 9.17) is 5.11 Å². The largest absolute Gasteiger partial charge is 0.480 e. The molecule has 7 heteroatoms. The molecule has 0 aromatic heterocycles. The lowest BCUT2D eigenvalue weighted by Crippen LogP contribution is -2.47. The molecule has 1 aliphatic heterocycles. The van der Waals surface area contributed by atoms with E-state index in [1.807, 2.05) is 13.8 Å². The van der Waals surface area contributed by atoms with Gasteiger partial charge in [-0.05, 0) is 31.7 Å². The molecule has 0 saturated carbocycles. The summed E-state index contributed by atoms with van der Waals surface area (Å²) in [7, 11) is 0. The van der Waals surface area contributed by atoms with Gasteiger partial charge in [-0.3, -0.25) is 19.8 Å². The average Bonchev–Trinajstić information content (AvgIpc) is 2.76. The third-order valence-corrected chi connectivity index (χ3v) is 3.26. The first-order valence-electron chi connectivity index (χ1n) is 6.94. The summed E-state index contributed by atoms with van der Waals surface area (Å²) >= 11 is 0. The van der Waals surface area contributed by atoms with Gasteiger partial charge >= 0.3 is 12.0 Å². The molecule has 1 fully saturated rings. The number of rotatable bonds is 6. The molecule has 1 unspecified atom stereocenters. The molecule has 114 valence electrons. The lowest BCUT2D eigenvalue weighted by Gasteiger charge is -2.19. The first kappa shape index (κ1) is 16.4. The average molecular weight is 285 g/mol. The number of carbonyl (C=O) groups excluding carboxylic acids is 2. The van der Waals surface area contributed by atoms with Crippen LogP contribution in [0.2, 0.25) is 0 Å². The number of nitrogens with one attached hydrogen (secondary N) is 2. The van der Waals surface area contributed by atoms with Gasteiger partial charge in [-0.15, -0.1) is 0 Å². The number of urea groups is 1. The van der Waals surface area contributed by atoms with Crippen LogP contribution in [0.4, 0.5) is 4.79 Å². The van der Waals surface area contributed by atoms with Gasteiger partial charge in [-0.2, -0.15) is 0 Å². The molecule has 1 rings (SSSR count). The van der Waals surface area contributed by atoms with Crippen LogP contribution >= 0.6 is 0 Å². The standard InChI is InChI=1S/C13H23N3O4/c1-9(2)5-6-14-13(20)15-11(17)8-16-7-3-4-10(16)12(18)19/h9-10H,3-8H2,1-2H3,(H,18,19)(H2,14,15,17,20). The van der Waals surface area contributed by atoms with Crippen molar-refractivity contribution in [3.05, 3.63) is 0 Å². The number of imide groups is 1. The number of hydrogen-bond acceptors (Lipinski definition) is 4. The van der Waals surface area contributed by atoms with E-state index in [-0.39, 0.29) is 6.54 Å². The Morgan fingerprint density at radius 2 is 2.05 bits per heavy atom. The van der Waals surface area contributed by atoms with E-state index >= 15 is 0 Å². The van der Waals surface area contributed by atoms with Crippen LogP contribution in [0.3, 0.4) is 0 Å². The van der Waals surface area contributed by atoms with Crippen LogP contribution in [-0.2, 0) is 9.59 Å². The van der Waals surface area contributed by atoms with E-state index in [1.165, 1.54) is 0 Å². The monoisotopic (exact) mass is 285 g/mol. The molecule has 1 saturated heterocycles. The van der Waals surface area contributed by atoms with E-state index < -0.39 is 23.9 Å². The van der Waals surface area contributed by atoms with Crippen molar-refractivity contribution < 1.29 is 19.5 Å². The van der Waals surface area contributed by atoms with Crippen molar-refractivity contribution >= 4 is 17.9 Å². The Hall–Kier alpha value is -1.63. The van der Waals surface area contributed by atoms with Crippen molar-refractivity contribution in [3.8, 4) is 0 Å². The summed E-state index contributed by atoms with van der Waals surface area (Å²) in [6.45, 7) is 5.11. The molecule has 1 atom stereocenters. The lowest BCUT2D eigenvalue weighted by molar-refractivity contribution is -0.142. The Labute approximate surface area is 118 Å². The minimum absolute atomic E-state index is 0.0609. The third-order valence-electron chi connectivity index (χ3n) is 3.26. The fourth-order valence-electron chi connectivity index (χ4n) is 2.16. The smallest absolute Gasteiger partial charge is 0.321 e. The normalized spacial score (nSPS) is 19.1. The molecule has 0 spiro atoms. The second kappa shape index (κ2) is 7.84. The zero-order valence-electron chi connectivity index (χ0n) is 12.0. The van der Waals surface area contributed by atoms with Crippen molar-refractivity contribution in [3.63, 3.8) is 0 Å². The van der Waals surface area contributed by atoms with E-state index in [2.05, 4.69) is 10.6 Å². The van der Waals surface area contributed by atoms with Crippen molar-refractivity contribution in [2.24, 2.45) is 5.92 Å². The van der Waals surface area contributed by atoms with Crippen molar-refractivity contribution in [2.45, 2.75) is 39.2 Å². The predicted octanol–water partition coefficient (Wildman–Crippen LogP) is 0.407. The number of hydrogen-bond donors (Lipinski definition) is 3. The minimum Gasteiger partial charge on any atom is -0.480 e. The number of likely N-dealkylation sites (tertiary alicyclic amines) is 1. The molecule has 1 aliphatic rings. The number of carboxylic acid groups (broad SMARTS) is 1. The topological polar surface area (TPSA) is 98.7 Å². The number of carbonyl (C=O) groups is 3. The number of carboxylic acids is 1. The Balaban J connectivity index is 2.29. The summed E-state index contributed by atoms with van der Waals surface area (Å²) < 4.78 is 0. The zero-order chi connectivity index (χ0) is 15.1. The number of amides is 3. The van der Waals surface area contributed by atoms with Crippen LogP contribution in [0, 0.1) is 5.92 Å². The summed E-state index contributed by atoms with van der Waals surface area (Å²) in [5.74, 6) is -0.913. The SMILES string of the molecule is CC(C)CCNC(=O)NC(=O)CN1CCCC1C(=O)O. The lowest BCUT2D eigenvalue weighted by atomic mass is 10.1. The maximum absolute atomic E-state index is 11.7. The van der Waals surface area contributed by atoms with E-state index in [9.17, 15) is 14.4 Å². The van der Waals surface area contributed by atoms with E-state index in [0.29, 0.717) is 25.4 Å². The highest BCUT2D eigenvalue weighted by atomic mass is 16.4. The molecule has 0 radical (unpaired) electrons. The molecule has 0 aromatic rings. The molecule has 0 aliphatic carbocycles. The first-order valence-corrected chi connectivity index (χ1v) is 6.94. The van der Waals surface area contributed by atoms with Gasteiger partial charge in [-0.1, -0.05) is 13.8 Å². The van der Waals surface area contributed by atoms with Crippen LogP contribution in [0.25, 0.3) is 0 Å². The fourth-order valence-corrected chi connectivity index (χ4v) is 2.16. The summed E-state index contributed by atoms with van der Waals surface area (Å²) in [6.07, 6.45) is 2.14. The summed E-state index contributed by atoms with van der Waals surface area (Å²) in [5, 5.41) is 13.8. The quantitative estimate of drug-likeness (QED) is 0.656. The summed E-state index contributed by atoms with van der Waals surface area (Å²) in [5.41, 5.74) is 0. The van der Waals surface area contributed by atoms with Crippen molar-refractivity contribution in [1.82, 2.24) is 15.5 Å². The van der Waals surface area contributed by atoms with Gasteiger partial charge in [0.2, 0.25) is 5.91 Å². The zero-order valence-corrected chi connectivity index (χ0v) is 12.0. The maximum Gasteiger partial charge on any atom is 0.321 e. The molecule has 3 N–H and O–H groups in total. The Kier molecular flexibility index (Phi) is 6.44. The first-order chi connectivity index (χ1) is 9.40. The van der Waals surface area contributed by atoms with Crippen molar-refractivity contribution in [1.29, 1.82) is 0 Å². The fraction of sp³-hybridized carbons (Fsp3) is 0.769. The van der Waals surface area contributed by atoms with Crippen LogP contribution in [0.15, 0.2) is 0 Å². The Morgan fingerprint density at radius 1 is 1.35 bits per heavy atom. The van der Waals surface area contributed by atoms with Gasteiger partial charge in [0.15, 0.2) is 0 Å². The predicted molar refractivity (Wildman–Crippen MR) is 73.2 cm³/mol. The van der Waals surface area contributed by atoms with Gasteiger partial charge < -0.3 is 10.4 Å². The second-order valence-corrected chi connectivity index (χ2v) is 5.45. The number of nitrogens with zero attached hydrogens (tertiary/aromatic N) is 1. The van der Waals surface area contributed by atoms with Gasteiger partial charge in [-0.25, -0.2) is 4.79 Å². The van der Waals surface area contributed by atoms with Gasteiger partial charge in [0.25, 0.3) is 0 Å². The molecule has 0 aromatic carbocycles. The summed E-state index contributed by atoms with van der Waals surface area (Å²) in [4.78, 5) is 35.7. The minimum atomic E-state index is -0.920. The summed E-state index contributed by atoms with van der Waals surface area (Å²) in [6, 6.07) is -1.15. The highest BCUT2D eigenvalue weighted by Crippen LogP contribution is 2.16. The molecule has 0 bridgehead atoms. The van der Waals surface area contributed by atoms with Crippen LogP contribution < -0.4 is 10.6 Å². The molecule has 1 heterocycles. The molecule has 7 nitrogen and oxygen atoms in total.